The minimum atomic E-state index is -0.973. The smallest absolute Gasteiger partial charge is 0.306 e. The largest absolute Gasteiger partial charge is 0.481 e. The first-order valence-corrected chi connectivity index (χ1v) is 6.88. The van der Waals surface area contributed by atoms with Crippen molar-refractivity contribution in [3.8, 4) is 0 Å². The molecule has 0 aromatic heterocycles. The van der Waals surface area contributed by atoms with E-state index in [1.165, 1.54) is 4.90 Å². The summed E-state index contributed by atoms with van der Waals surface area (Å²) in [5.74, 6) is -1.50. The maximum atomic E-state index is 11.9. The number of nitrogens with zero attached hydrogens (tertiary/aromatic N) is 1. The first kappa shape index (κ1) is 18.9. The standard InChI is InChI=1S/C15H23NO5/c1-3-5-7-13(17)16(10-9-14(18)19)11-12-21-15(20)8-6-4-2/h3-4H,1-2,5-12H2,(H,18,19). The van der Waals surface area contributed by atoms with Crippen molar-refractivity contribution in [2.24, 2.45) is 0 Å². The van der Waals surface area contributed by atoms with Crippen molar-refractivity contribution in [1.82, 2.24) is 4.90 Å². The zero-order chi connectivity index (χ0) is 16.1. The zero-order valence-corrected chi connectivity index (χ0v) is 12.3. The van der Waals surface area contributed by atoms with E-state index < -0.39 is 5.97 Å². The minimum absolute atomic E-state index is 0.0649. The third-order valence-electron chi connectivity index (χ3n) is 2.69. The average molecular weight is 297 g/mol. The maximum absolute atomic E-state index is 11.9. The number of amides is 1. The Kier molecular flexibility index (Phi) is 10.5. The van der Waals surface area contributed by atoms with E-state index >= 15 is 0 Å². The fourth-order valence-electron chi connectivity index (χ4n) is 1.54. The lowest BCUT2D eigenvalue weighted by molar-refractivity contribution is -0.146. The number of carboxylic acid groups (broad SMARTS) is 1. The Morgan fingerprint density at radius 3 is 2.19 bits per heavy atom. The van der Waals surface area contributed by atoms with Gasteiger partial charge in [-0.1, -0.05) is 12.2 Å². The molecule has 0 rings (SSSR count). The lowest BCUT2D eigenvalue weighted by atomic mass is 10.2. The Hall–Kier alpha value is -2.11. The molecule has 0 atom stereocenters. The molecule has 6 nitrogen and oxygen atoms in total. The van der Waals surface area contributed by atoms with Gasteiger partial charge < -0.3 is 14.7 Å². The molecule has 0 unspecified atom stereocenters. The topological polar surface area (TPSA) is 83.9 Å². The molecule has 1 amide bonds. The van der Waals surface area contributed by atoms with Crippen LogP contribution in [0, 0.1) is 0 Å². The molecule has 0 fully saturated rings. The summed E-state index contributed by atoms with van der Waals surface area (Å²) in [4.78, 5) is 35.2. The molecule has 21 heavy (non-hydrogen) atoms. The predicted molar refractivity (Wildman–Crippen MR) is 78.7 cm³/mol. The molecule has 6 heteroatoms. The lowest BCUT2D eigenvalue weighted by Gasteiger charge is -2.21. The van der Waals surface area contributed by atoms with Crippen LogP contribution in [0.2, 0.25) is 0 Å². The Labute approximate surface area is 125 Å². The monoisotopic (exact) mass is 297 g/mol. The van der Waals surface area contributed by atoms with E-state index in [9.17, 15) is 14.4 Å². The van der Waals surface area contributed by atoms with Crippen LogP contribution in [0.15, 0.2) is 25.3 Å². The number of ether oxygens (including phenoxy) is 1. The zero-order valence-electron chi connectivity index (χ0n) is 12.3. The van der Waals surface area contributed by atoms with E-state index in [4.69, 9.17) is 9.84 Å². The summed E-state index contributed by atoms with van der Waals surface area (Å²) in [5.41, 5.74) is 0. The van der Waals surface area contributed by atoms with Gasteiger partial charge in [-0.2, -0.15) is 0 Å². The Morgan fingerprint density at radius 2 is 1.62 bits per heavy atom. The van der Waals surface area contributed by atoms with E-state index in [-0.39, 0.29) is 50.8 Å². The molecule has 0 aliphatic carbocycles. The Morgan fingerprint density at radius 1 is 1.00 bits per heavy atom. The van der Waals surface area contributed by atoms with Gasteiger partial charge in [0.1, 0.15) is 6.61 Å². The van der Waals surface area contributed by atoms with Crippen molar-refractivity contribution in [1.29, 1.82) is 0 Å². The van der Waals surface area contributed by atoms with Crippen LogP contribution in [0.1, 0.15) is 32.1 Å². The Bertz CT molecular complexity index is 378. The fourth-order valence-corrected chi connectivity index (χ4v) is 1.54. The minimum Gasteiger partial charge on any atom is -0.481 e. The van der Waals surface area contributed by atoms with Crippen molar-refractivity contribution in [2.45, 2.75) is 32.1 Å². The molecule has 0 heterocycles. The van der Waals surface area contributed by atoms with Crippen LogP contribution in [0.25, 0.3) is 0 Å². The maximum Gasteiger partial charge on any atom is 0.306 e. The van der Waals surface area contributed by atoms with E-state index in [2.05, 4.69) is 13.2 Å². The number of esters is 1. The van der Waals surface area contributed by atoms with Gasteiger partial charge in [-0.25, -0.2) is 0 Å². The van der Waals surface area contributed by atoms with E-state index in [0.29, 0.717) is 12.8 Å². The summed E-state index contributed by atoms with van der Waals surface area (Å²) < 4.78 is 4.99. The second-order valence-corrected chi connectivity index (χ2v) is 4.40. The van der Waals surface area contributed by atoms with E-state index in [1.807, 2.05) is 0 Å². The number of hydrogen-bond donors (Lipinski definition) is 1. The van der Waals surface area contributed by atoms with Crippen LogP contribution in [-0.4, -0.2) is 47.5 Å². The molecular formula is C15H23NO5. The van der Waals surface area contributed by atoms with Gasteiger partial charge in [0, 0.05) is 19.4 Å². The molecule has 0 aromatic rings. The third kappa shape index (κ3) is 10.4. The normalized spacial score (nSPS) is 9.71. The number of carbonyl (C=O) groups is 3. The summed E-state index contributed by atoms with van der Waals surface area (Å²) in [6.07, 6.45) is 4.71. The highest BCUT2D eigenvalue weighted by molar-refractivity contribution is 5.77. The molecule has 0 aliphatic rings. The van der Waals surface area contributed by atoms with Gasteiger partial charge in [0.2, 0.25) is 5.91 Å². The van der Waals surface area contributed by atoms with Gasteiger partial charge in [0.25, 0.3) is 0 Å². The number of carboxylic acids is 1. The van der Waals surface area contributed by atoms with E-state index in [1.54, 1.807) is 12.2 Å². The first-order chi connectivity index (χ1) is 10.0. The summed E-state index contributed by atoms with van der Waals surface area (Å²) in [7, 11) is 0. The fraction of sp³-hybridized carbons (Fsp3) is 0.533. The van der Waals surface area contributed by atoms with Crippen molar-refractivity contribution >= 4 is 17.8 Å². The highest BCUT2D eigenvalue weighted by Gasteiger charge is 2.14. The van der Waals surface area contributed by atoms with Gasteiger partial charge >= 0.3 is 11.9 Å². The number of rotatable bonds is 12. The van der Waals surface area contributed by atoms with Crippen LogP contribution >= 0.6 is 0 Å². The molecule has 0 aliphatic heterocycles. The molecule has 0 saturated carbocycles. The van der Waals surface area contributed by atoms with Gasteiger partial charge in [-0.15, -0.1) is 13.2 Å². The first-order valence-electron chi connectivity index (χ1n) is 6.88. The van der Waals surface area contributed by atoms with Gasteiger partial charge in [-0.05, 0) is 12.8 Å². The quantitative estimate of drug-likeness (QED) is 0.438. The van der Waals surface area contributed by atoms with Gasteiger partial charge in [0.15, 0.2) is 0 Å². The summed E-state index contributed by atoms with van der Waals surface area (Å²) in [6, 6.07) is 0. The summed E-state index contributed by atoms with van der Waals surface area (Å²) in [6.45, 7) is 7.42. The van der Waals surface area contributed by atoms with Gasteiger partial charge in [0.05, 0.1) is 13.0 Å². The van der Waals surface area contributed by atoms with Crippen molar-refractivity contribution < 1.29 is 24.2 Å². The third-order valence-corrected chi connectivity index (χ3v) is 2.69. The molecule has 0 aromatic carbocycles. The molecule has 118 valence electrons. The highest BCUT2D eigenvalue weighted by atomic mass is 16.5. The molecule has 0 radical (unpaired) electrons. The van der Waals surface area contributed by atoms with Crippen LogP contribution < -0.4 is 0 Å². The van der Waals surface area contributed by atoms with Crippen LogP contribution in [-0.2, 0) is 19.1 Å². The van der Waals surface area contributed by atoms with Crippen LogP contribution in [0.4, 0.5) is 0 Å². The van der Waals surface area contributed by atoms with Crippen molar-refractivity contribution in [2.75, 3.05) is 19.7 Å². The highest BCUT2D eigenvalue weighted by Crippen LogP contribution is 2.01. The molecule has 0 spiro atoms. The number of aliphatic carboxylic acids is 1. The second kappa shape index (κ2) is 11.7. The second-order valence-electron chi connectivity index (χ2n) is 4.40. The van der Waals surface area contributed by atoms with Crippen molar-refractivity contribution in [3.63, 3.8) is 0 Å². The Balaban J connectivity index is 4.22. The lowest BCUT2D eigenvalue weighted by Crippen LogP contribution is -2.36. The number of hydrogen-bond acceptors (Lipinski definition) is 4. The SMILES string of the molecule is C=CCCC(=O)OCCN(CCC(=O)O)C(=O)CCC=C. The van der Waals surface area contributed by atoms with E-state index in [0.717, 1.165) is 0 Å². The molecular weight excluding hydrogens is 274 g/mol. The van der Waals surface area contributed by atoms with Crippen LogP contribution in [0.5, 0.6) is 0 Å². The van der Waals surface area contributed by atoms with Gasteiger partial charge in [-0.3, -0.25) is 14.4 Å². The molecule has 1 N–H and O–H groups in total. The molecule has 0 saturated heterocycles. The molecule has 0 bridgehead atoms. The van der Waals surface area contributed by atoms with Crippen LogP contribution in [0.3, 0.4) is 0 Å². The average Bonchev–Trinajstić information content (AvgIpc) is 2.45. The summed E-state index contributed by atoms with van der Waals surface area (Å²) in [5, 5.41) is 8.68. The predicted octanol–water partition coefficient (Wildman–Crippen LogP) is 1.77. The number of carbonyl (C=O) groups excluding carboxylic acids is 2. The summed E-state index contributed by atoms with van der Waals surface area (Å²) >= 11 is 0. The number of allylic oxidation sites excluding steroid dienone is 2. The van der Waals surface area contributed by atoms with Crippen molar-refractivity contribution in [3.05, 3.63) is 25.3 Å².